The van der Waals surface area contributed by atoms with Gasteiger partial charge >= 0.3 is 0 Å². The average molecular weight is 566 g/mol. The average Bonchev–Trinajstić information content (AvgIpc) is 3.31. The fraction of sp³-hybridized carbons (Fsp3) is 0.686. The van der Waals surface area contributed by atoms with Crippen molar-refractivity contribution in [2.24, 2.45) is 45.6 Å². The molecule has 1 aromatic carbocycles. The number of hydrogen-bond donors (Lipinski definition) is 0. The van der Waals surface area contributed by atoms with Crippen LogP contribution in [0.1, 0.15) is 92.4 Å². The minimum atomic E-state index is -0.188. The van der Waals surface area contributed by atoms with Gasteiger partial charge in [-0.3, -0.25) is 0 Å². The summed E-state index contributed by atoms with van der Waals surface area (Å²) >= 11 is 6.03. The van der Waals surface area contributed by atoms with Gasteiger partial charge < -0.3 is 14.3 Å². The maximum Gasteiger partial charge on any atom is 0.177 e. The van der Waals surface area contributed by atoms with E-state index in [-0.39, 0.29) is 18.5 Å². The number of allylic oxidation sites excluding steroid dienone is 1. The van der Waals surface area contributed by atoms with Gasteiger partial charge in [-0.2, -0.15) is 0 Å². The summed E-state index contributed by atoms with van der Waals surface area (Å²) in [6.45, 7) is 11.8. The van der Waals surface area contributed by atoms with Gasteiger partial charge in [0.2, 0.25) is 0 Å². The van der Waals surface area contributed by atoms with Crippen LogP contribution in [0.3, 0.4) is 0 Å². The Bertz CT molecular complexity index is 1160. The van der Waals surface area contributed by atoms with Crippen molar-refractivity contribution < 1.29 is 14.3 Å². The molecule has 1 heterocycles. The van der Waals surface area contributed by atoms with Crippen LogP contribution in [0, 0.1) is 40.4 Å². The monoisotopic (exact) mass is 565 g/mol. The Morgan fingerprint density at radius 3 is 2.62 bits per heavy atom. The molecule has 5 heteroatoms. The first-order valence-corrected chi connectivity index (χ1v) is 16.2. The SMILES string of the molecule is CC[C@H]1OC(OC2CC[C@@]3(C)C(=CCC4C3CC[C@@]3(C)C4CC[C@@H]3/C(C)=N/Oc3ccc(Cl)cc3)C2)C=C[C@@H]1C. The summed E-state index contributed by atoms with van der Waals surface area (Å²) in [5, 5.41) is 5.34. The van der Waals surface area contributed by atoms with Gasteiger partial charge in [0.25, 0.3) is 0 Å². The summed E-state index contributed by atoms with van der Waals surface area (Å²) in [5.74, 6) is 4.02. The van der Waals surface area contributed by atoms with Gasteiger partial charge in [0, 0.05) is 16.9 Å². The van der Waals surface area contributed by atoms with Crippen molar-refractivity contribution in [3.63, 3.8) is 0 Å². The maximum atomic E-state index is 6.55. The van der Waals surface area contributed by atoms with Crippen LogP contribution in [-0.4, -0.2) is 24.2 Å². The number of halogens is 1. The number of fused-ring (bicyclic) bond motifs is 5. The minimum Gasteiger partial charge on any atom is -0.357 e. The first kappa shape index (κ1) is 28.5. The third-order valence-electron chi connectivity index (χ3n) is 11.9. The first-order valence-electron chi connectivity index (χ1n) is 15.9. The van der Waals surface area contributed by atoms with Gasteiger partial charge in [0.1, 0.15) is 0 Å². The fourth-order valence-electron chi connectivity index (χ4n) is 9.58. The second-order valence-corrected chi connectivity index (χ2v) is 14.3. The summed E-state index contributed by atoms with van der Waals surface area (Å²) in [4.78, 5) is 5.83. The Hall–Kier alpha value is -1.62. The zero-order valence-electron chi connectivity index (χ0n) is 25.1. The van der Waals surface area contributed by atoms with Crippen LogP contribution in [-0.2, 0) is 9.47 Å². The lowest BCUT2D eigenvalue weighted by Gasteiger charge is -2.58. The highest BCUT2D eigenvalue weighted by Gasteiger charge is 2.59. The smallest absolute Gasteiger partial charge is 0.177 e. The van der Waals surface area contributed by atoms with Crippen molar-refractivity contribution in [2.75, 3.05) is 0 Å². The number of hydrogen-bond acceptors (Lipinski definition) is 4. The first-order chi connectivity index (χ1) is 19.2. The Balaban J connectivity index is 1.13. The Labute approximate surface area is 246 Å². The van der Waals surface area contributed by atoms with E-state index in [9.17, 15) is 0 Å². The number of oxime groups is 1. The van der Waals surface area contributed by atoms with Crippen molar-refractivity contribution >= 4 is 17.3 Å². The number of benzene rings is 1. The molecule has 0 N–H and O–H groups in total. The van der Waals surface area contributed by atoms with E-state index in [1.807, 2.05) is 24.3 Å². The van der Waals surface area contributed by atoms with Gasteiger partial charge in [-0.15, -0.1) is 0 Å². The largest absolute Gasteiger partial charge is 0.357 e. The van der Waals surface area contributed by atoms with Crippen LogP contribution in [0.25, 0.3) is 0 Å². The van der Waals surface area contributed by atoms with Gasteiger partial charge in [-0.1, -0.05) is 62.2 Å². The number of nitrogens with zero attached hydrogens (tertiary/aromatic N) is 1. The lowest BCUT2D eigenvalue weighted by molar-refractivity contribution is -0.188. The molecule has 0 spiro atoms. The number of ether oxygens (including phenoxy) is 2. The standard InChI is InChI=1S/C35H48ClNO3/c1-6-32-22(2)7-16-33(39-32)38-27-17-19-34(4)24(21-27)8-13-28-30-15-14-29(35(30,5)20-18-31(28)34)23(3)37-40-26-11-9-25(36)10-12-26/h7-12,16,22,27-33H,6,13-15,17-21H2,1-5H3/b37-23+/t22-,27?,28?,29+,30?,31?,32+,33?,34-,35+/m0/s1. The molecule has 1 aliphatic heterocycles. The van der Waals surface area contributed by atoms with Crippen molar-refractivity contribution in [1.29, 1.82) is 0 Å². The molecule has 0 bridgehead atoms. The highest BCUT2D eigenvalue weighted by molar-refractivity contribution is 6.30. The third kappa shape index (κ3) is 5.11. The van der Waals surface area contributed by atoms with Crippen LogP contribution >= 0.6 is 11.6 Å². The van der Waals surface area contributed by atoms with Gasteiger partial charge in [0.05, 0.1) is 17.9 Å². The topological polar surface area (TPSA) is 40.0 Å². The third-order valence-corrected chi connectivity index (χ3v) is 12.1. The molecule has 0 aromatic heterocycles. The quantitative estimate of drug-likeness (QED) is 0.196. The van der Waals surface area contributed by atoms with Crippen LogP contribution in [0.2, 0.25) is 5.02 Å². The number of rotatable bonds is 6. The molecule has 0 saturated heterocycles. The molecule has 4 aliphatic carbocycles. The molecule has 218 valence electrons. The molecule has 3 saturated carbocycles. The molecule has 6 rings (SSSR count). The summed E-state index contributed by atoms with van der Waals surface area (Å²) < 4.78 is 12.8. The molecule has 0 amide bonds. The summed E-state index contributed by atoms with van der Waals surface area (Å²) in [6, 6.07) is 7.47. The van der Waals surface area contributed by atoms with E-state index in [0.717, 1.165) is 48.5 Å². The van der Waals surface area contributed by atoms with Crippen molar-refractivity contribution in [3.8, 4) is 5.75 Å². The van der Waals surface area contributed by atoms with E-state index in [1.54, 1.807) is 5.57 Å². The Kier molecular flexibility index (Phi) is 8.00. The normalized spacial score (nSPS) is 43.0. The zero-order valence-corrected chi connectivity index (χ0v) is 25.8. The molecule has 5 aliphatic rings. The summed E-state index contributed by atoms with van der Waals surface area (Å²) in [7, 11) is 0. The van der Waals surface area contributed by atoms with Gasteiger partial charge in [-0.05, 0) is 124 Å². The zero-order chi connectivity index (χ0) is 28.1. The maximum absolute atomic E-state index is 6.55. The fourth-order valence-corrected chi connectivity index (χ4v) is 9.71. The van der Waals surface area contributed by atoms with Gasteiger partial charge in [-0.25, -0.2) is 0 Å². The van der Waals surface area contributed by atoms with Gasteiger partial charge in [0.15, 0.2) is 12.0 Å². The van der Waals surface area contributed by atoms with E-state index in [2.05, 4.69) is 58.0 Å². The van der Waals surface area contributed by atoms with E-state index >= 15 is 0 Å². The highest BCUT2D eigenvalue weighted by Crippen LogP contribution is 2.66. The molecule has 3 fully saturated rings. The second-order valence-electron chi connectivity index (χ2n) is 13.9. The molecule has 40 heavy (non-hydrogen) atoms. The van der Waals surface area contributed by atoms with Crippen LogP contribution < -0.4 is 4.84 Å². The second kappa shape index (κ2) is 11.2. The minimum absolute atomic E-state index is 0.188. The van der Waals surface area contributed by atoms with Crippen LogP contribution in [0.15, 0.2) is 53.2 Å². The molecular formula is C35H48ClNO3. The highest BCUT2D eigenvalue weighted by atomic mass is 35.5. The molecular weight excluding hydrogens is 518 g/mol. The molecule has 1 aromatic rings. The lowest BCUT2D eigenvalue weighted by atomic mass is 9.47. The predicted molar refractivity (Wildman–Crippen MR) is 163 cm³/mol. The lowest BCUT2D eigenvalue weighted by Crippen LogP contribution is -2.51. The summed E-state index contributed by atoms with van der Waals surface area (Å²) in [6.07, 6.45) is 18.2. The Morgan fingerprint density at radius 1 is 1.05 bits per heavy atom. The molecule has 5 unspecified atom stereocenters. The van der Waals surface area contributed by atoms with Crippen LogP contribution in [0.5, 0.6) is 5.75 Å². The van der Waals surface area contributed by atoms with Crippen molar-refractivity contribution in [1.82, 2.24) is 0 Å². The van der Waals surface area contributed by atoms with Crippen molar-refractivity contribution in [2.45, 2.75) is 111 Å². The van der Waals surface area contributed by atoms with E-state index in [4.69, 9.17) is 25.9 Å². The Morgan fingerprint density at radius 2 is 1.85 bits per heavy atom. The van der Waals surface area contributed by atoms with Crippen molar-refractivity contribution in [3.05, 3.63) is 53.1 Å². The van der Waals surface area contributed by atoms with E-state index in [0.29, 0.717) is 27.7 Å². The molecule has 0 radical (unpaired) electrons. The van der Waals surface area contributed by atoms with Crippen LogP contribution in [0.4, 0.5) is 0 Å². The predicted octanol–water partition coefficient (Wildman–Crippen LogP) is 9.39. The summed E-state index contributed by atoms with van der Waals surface area (Å²) in [5.41, 5.74) is 3.43. The van der Waals surface area contributed by atoms with E-state index in [1.165, 1.54) is 38.5 Å². The van der Waals surface area contributed by atoms with E-state index < -0.39 is 0 Å². The molecule has 4 nitrogen and oxygen atoms in total. The molecule has 10 atom stereocenters.